The smallest absolute Gasteiger partial charge is 0.161 e. The van der Waals surface area contributed by atoms with Crippen LogP contribution in [0.3, 0.4) is 0 Å². The van der Waals surface area contributed by atoms with Crippen LogP contribution in [0.25, 0.3) is 11.3 Å². The van der Waals surface area contributed by atoms with Gasteiger partial charge in [-0.2, -0.15) is 0 Å². The Morgan fingerprint density at radius 1 is 1.09 bits per heavy atom. The molecule has 1 unspecified atom stereocenters. The highest BCUT2D eigenvalue weighted by Gasteiger charge is 2.12. The van der Waals surface area contributed by atoms with Crippen molar-refractivity contribution < 1.29 is 14.2 Å². The number of anilines is 1. The summed E-state index contributed by atoms with van der Waals surface area (Å²) in [5.41, 5.74) is 2.76. The van der Waals surface area contributed by atoms with Crippen LogP contribution in [0.15, 0.2) is 55.1 Å². The summed E-state index contributed by atoms with van der Waals surface area (Å²) in [5.74, 6) is 2.12. The summed E-state index contributed by atoms with van der Waals surface area (Å²) in [6.07, 6.45) is 8.04. The molecule has 1 aliphatic heterocycles. The molecule has 0 saturated carbocycles. The van der Waals surface area contributed by atoms with Crippen molar-refractivity contribution in [1.29, 1.82) is 0 Å². The molecular weight excluding hydrogens is 418 g/mol. The molecule has 174 valence electrons. The molecule has 1 fully saturated rings. The third-order valence-electron chi connectivity index (χ3n) is 5.62. The zero-order chi connectivity index (χ0) is 22.9. The average molecular weight is 450 g/mol. The van der Waals surface area contributed by atoms with Crippen LogP contribution in [0.2, 0.25) is 0 Å². The van der Waals surface area contributed by atoms with Crippen molar-refractivity contribution in [2.24, 2.45) is 0 Å². The summed E-state index contributed by atoms with van der Waals surface area (Å²) < 4.78 is 17.0. The number of hydrogen-bond donors (Lipinski definition) is 1. The molecule has 4 rings (SSSR count). The zero-order valence-corrected chi connectivity index (χ0v) is 19.2. The van der Waals surface area contributed by atoms with Crippen LogP contribution in [-0.4, -0.2) is 66.4 Å². The first-order valence-corrected chi connectivity index (χ1v) is 11.3. The van der Waals surface area contributed by atoms with Crippen LogP contribution in [-0.2, 0) is 4.74 Å². The maximum atomic E-state index is 6.00. The SMILES string of the molecule is COc1cc(-c2cncc(NC(C)c3cccnc3)n2)ccc1OCCCN1CCOCC1. The number of rotatable bonds is 10. The molecule has 1 atom stereocenters. The van der Waals surface area contributed by atoms with Gasteiger partial charge in [-0.15, -0.1) is 0 Å². The fourth-order valence-corrected chi connectivity index (χ4v) is 3.75. The van der Waals surface area contributed by atoms with Crippen LogP contribution < -0.4 is 14.8 Å². The second kappa shape index (κ2) is 11.6. The van der Waals surface area contributed by atoms with E-state index in [1.807, 2.05) is 36.5 Å². The largest absolute Gasteiger partial charge is 0.493 e. The monoisotopic (exact) mass is 449 g/mol. The molecule has 0 spiro atoms. The van der Waals surface area contributed by atoms with Gasteiger partial charge < -0.3 is 19.5 Å². The summed E-state index contributed by atoms with van der Waals surface area (Å²) in [6.45, 7) is 7.34. The van der Waals surface area contributed by atoms with E-state index in [2.05, 4.69) is 27.1 Å². The van der Waals surface area contributed by atoms with E-state index >= 15 is 0 Å². The van der Waals surface area contributed by atoms with Crippen molar-refractivity contribution in [2.75, 3.05) is 51.9 Å². The first-order valence-electron chi connectivity index (χ1n) is 11.3. The first-order chi connectivity index (χ1) is 16.2. The summed E-state index contributed by atoms with van der Waals surface area (Å²) in [4.78, 5) is 15.7. The highest BCUT2D eigenvalue weighted by Crippen LogP contribution is 2.32. The number of benzene rings is 1. The first kappa shape index (κ1) is 22.9. The minimum Gasteiger partial charge on any atom is -0.493 e. The van der Waals surface area contributed by atoms with Gasteiger partial charge in [-0.25, -0.2) is 4.98 Å². The van der Waals surface area contributed by atoms with Crippen LogP contribution in [0, 0.1) is 0 Å². The molecule has 1 N–H and O–H groups in total. The van der Waals surface area contributed by atoms with Gasteiger partial charge in [0.2, 0.25) is 0 Å². The second-order valence-corrected chi connectivity index (χ2v) is 7.96. The number of nitrogens with one attached hydrogen (secondary N) is 1. The summed E-state index contributed by atoms with van der Waals surface area (Å²) in [6, 6.07) is 9.88. The van der Waals surface area contributed by atoms with E-state index in [0.717, 1.165) is 61.8 Å². The maximum Gasteiger partial charge on any atom is 0.161 e. The standard InChI is InChI=1S/C25H31N5O3/c1-19(21-5-3-8-26-16-21)28-25-18-27-17-22(29-25)20-6-7-23(24(15-20)31-2)33-12-4-9-30-10-13-32-14-11-30/h3,5-8,15-19H,4,9-14H2,1-2H3,(H,28,29). The van der Waals surface area contributed by atoms with Gasteiger partial charge in [-0.3, -0.25) is 14.9 Å². The fraction of sp³-hybridized carbons (Fsp3) is 0.400. The van der Waals surface area contributed by atoms with Crippen LogP contribution >= 0.6 is 0 Å². The Labute approximate surface area is 194 Å². The van der Waals surface area contributed by atoms with E-state index in [0.29, 0.717) is 18.2 Å². The Hall–Kier alpha value is -3.23. The quantitative estimate of drug-likeness (QED) is 0.468. The number of methoxy groups -OCH3 is 1. The normalized spacial score (nSPS) is 15.1. The number of hydrogen-bond acceptors (Lipinski definition) is 8. The van der Waals surface area contributed by atoms with Crippen molar-refractivity contribution in [3.8, 4) is 22.8 Å². The Morgan fingerprint density at radius 2 is 1.97 bits per heavy atom. The van der Waals surface area contributed by atoms with Gasteiger partial charge in [-0.05, 0) is 43.2 Å². The number of pyridine rings is 1. The maximum absolute atomic E-state index is 6.00. The third kappa shape index (κ3) is 6.40. The lowest BCUT2D eigenvalue weighted by atomic mass is 10.1. The molecule has 8 nitrogen and oxygen atoms in total. The Bertz CT molecular complexity index is 1010. The van der Waals surface area contributed by atoms with Crippen molar-refractivity contribution in [1.82, 2.24) is 19.9 Å². The molecule has 0 amide bonds. The molecule has 3 aromatic rings. The van der Waals surface area contributed by atoms with Gasteiger partial charge in [0.05, 0.1) is 51.1 Å². The highest BCUT2D eigenvalue weighted by molar-refractivity contribution is 5.64. The lowest BCUT2D eigenvalue weighted by Crippen LogP contribution is -2.37. The molecule has 0 bridgehead atoms. The van der Waals surface area contributed by atoms with Crippen LogP contribution in [0.5, 0.6) is 11.5 Å². The minimum atomic E-state index is 0.0611. The number of aromatic nitrogens is 3. The summed E-state index contributed by atoms with van der Waals surface area (Å²) >= 11 is 0. The van der Waals surface area contributed by atoms with Crippen molar-refractivity contribution in [2.45, 2.75) is 19.4 Å². The molecule has 1 aromatic carbocycles. The zero-order valence-electron chi connectivity index (χ0n) is 19.2. The highest BCUT2D eigenvalue weighted by atomic mass is 16.5. The van der Waals surface area contributed by atoms with E-state index in [1.54, 1.807) is 25.7 Å². The fourth-order valence-electron chi connectivity index (χ4n) is 3.75. The second-order valence-electron chi connectivity index (χ2n) is 7.96. The third-order valence-corrected chi connectivity index (χ3v) is 5.62. The molecule has 2 aromatic heterocycles. The molecule has 1 saturated heterocycles. The Morgan fingerprint density at radius 3 is 2.76 bits per heavy atom. The van der Waals surface area contributed by atoms with E-state index in [9.17, 15) is 0 Å². The van der Waals surface area contributed by atoms with Crippen LogP contribution in [0.4, 0.5) is 5.82 Å². The van der Waals surface area contributed by atoms with E-state index < -0.39 is 0 Å². The van der Waals surface area contributed by atoms with Gasteiger partial charge in [-0.1, -0.05) is 6.07 Å². The molecule has 8 heteroatoms. The van der Waals surface area contributed by atoms with E-state index in [-0.39, 0.29) is 6.04 Å². The van der Waals surface area contributed by atoms with Gasteiger partial charge in [0.25, 0.3) is 0 Å². The van der Waals surface area contributed by atoms with Crippen LogP contribution in [0.1, 0.15) is 24.9 Å². The van der Waals surface area contributed by atoms with Gasteiger partial charge >= 0.3 is 0 Å². The molecule has 0 aliphatic carbocycles. The summed E-state index contributed by atoms with van der Waals surface area (Å²) in [7, 11) is 1.65. The predicted octanol–water partition coefficient (Wildman–Crippen LogP) is 3.82. The molecule has 33 heavy (non-hydrogen) atoms. The number of nitrogens with zero attached hydrogens (tertiary/aromatic N) is 4. The molecule has 0 radical (unpaired) electrons. The topological polar surface area (TPSA) is 81.6 Å². The molecule has 1 aliphatic rings. The average Bonchev–Trinajstić information content (AvgIpc) is 2.88. The number of morpholine rings is 1. The van der Waals surface area contributed by atoms with Gasteiger partial charge in [0, 0.05) is 37.6 Å². The molecular formula is C25H31N5O3. The lowest BCUT2D eigenvalue weighted by molar-refractivity contribution is 0.0357. The Kier molecular flexibility index (Phi) is 8.05. The van der Waals surface area contributed by atoms with Crippen molar-refractivity contribution in [3.63, 3.8) is 0 Å². The van der Waals surface area contributed by atoms with Crippen molar-refractivity contribution >= 4 is 5.82 Å². The molecule has 3 heterocycles. The van der Waals surface area contributed by atoms with Gasteiger partial charge in [0.1, 0.15) is 5.82 Å². The lowest BCUT2D eigenvalue weighted by Gasteiger charge is -2.26. The van der Waals surface area contributed by atoms with Gasteiger partial charge in [0.15, 0.2) is 11.5 Å². The van der Waals surface area contributed by atoms with E-state index in [1.165, 1.54) is 0 Å². The Balaban J connectivity index is 1.38. The van der Waals surface area contributed by atoms with E-state index in [4.69, 9.17) is 19.2 Å². The van der Waals surface area contributed by atoms with Crippen molar-refractivity contribution in [3.05, 3.63) is 60.7 Å². The number of ether oxygens (including phenoxy) is 3. The predicted molar refractivity (Wildman–Crippen MR) is 128 cm³/mol. The summed E-state index contributed by atoms with van der Waals surface area (Å²) in [5, 5.41) is 3.39. The minimum absolute atomic E-state index is 0.0611.